The summed E-state index contributed by atoms with van der Waals surface area (Å²) in [5.74, 6) is 0.586. The summed E-state index contributed by atoms with van der Waals surface area (Å²) in [4.78, 5) is 0. The lowest BCUT2D eigenvalue weighted by Crippen LogP contribution is -1.93. The number of hydrogen-bond acceptors (Lipinski definition) is 4. The molecule has 2 aromatic rings. The molecule has 0 aliphatic rings. The average Bonchev–Trinajstić information content (AvgIpc) is 2.63. The van der Waals surface area contributed by atoms with Crippen LogP contribution in [-0.2, 0) is 6.42 Å². The minimum absolute atomic E-state index is 0.0342. The largest absolute Gasteiger partial charge is 0.492 e. The number of ether oxygens (including phenoxy) is 1. The van der Waals surface area contributed by atoms with E-state index in [0.29, 0.717) is 35.1 Å². The van der Waals surface area contributed by atoms with Crippen molar-refractivity contribution in [2.24, 2.45) is 0 Å². The first-order chi connectivity index (χ1) is 7.76. The Balaban J connectivity index is 2.48. The molecule has 1 aromatic carbocycles. The van der Waals surface area contributed by atoms with E-state index in [-0.39, 0.29) is 6.61 Å². The summed E-state index contributed by atoms with van der Waals surface area (Å²) in [7, 11) is 0. The monoisotopic (exact) mass is 241 g/mol. The van der Waals surface area contributed by atoms with Crippen LogP contribution in [0.1, 0.15) is 12.6 Å². The summed E-state index contributed by atoms with van der Waals surface area (Å²) in [5.41, 5.74) is 1.33. The Morgan fingerprint density at radius 2 is 2.31 bits per heavy atom. The van der Waals surface area contributed by atoms with E-state index in [2.05, 4.69) is 5.16 Å². The van der Waals surface area contributed by atoms with Crippen LogP contribution in [0.5, 0.6) is 5.75 Å². The fraction of sp³-hybridized carbons (Fsp3) is 0.364. The van der Waals surface area contributed by atoms with Gasteiger partial charge in [-0.15, -0.1) is 0 Å². The van der Waals surface area contributed by atoms with E-state index in [9.17, 15) is 0 Å². The molecule has 0 unspecified atom stereocenters. The topological polar surface area (TPSA) is 55.5 Å². The third kappa shape index (κ3) is 1.99. The molecule has 0 aliphatic heterocycles. The van der Waals surface area contributed by atoms with Crippen LogP contribution in [0.2, 0.25) is 5.02 Å². The molecule has 0 aliphatic carbocycles. The molecule has 86 valence electrons. The number of aliphatic hydroxyl groups excluding tert-OH is 1. The minimum Gasteiger partial charge on any atom is -0.492 e. The summed E-state index contributed by atoms with van der Waals surface area (Å²) in [6.07, 6.45) is 0.456. The van der Waals surface area contributed by atoms with Crippen molar-refractivity contribution >= 4 is 22.6 Å². The molecule has 0 atom stereocenters. The summed E-state index contributed by atoms with van der Waals surface area (Å²) in [6, 6.07) is 3.47. The molecule has 0 bridgehead atoms. The number of rotatable bonds is 4. The van der Waals surface area contributed by atoms with Crippen LogP contribution in [-0.4, -0.2) is 23.5 Å². The molecule has 0 spiro atoms. The Morgan fingerprint density at radius 1 is 1.50 bits per heavy atom. The number of nitrogens with zero attached hydrogens (tertiary/aromatic N) is 1. The van der Waals surface area contributed by atoms with E-state index >= 15 is 0 Å². The lowest BCUT2D eigenvalue weighted by Gasteiger charge is -2.04. The number of fused-ring (bicyclic) bond motifs is 1. The highest BCUT2D eigenvalue weighted by atomic mass is 35.5. The second-order valence-corrected chi connectivity index (χ2v) is 3.72. The number of aliphatic hydroxyl groups is 1. The molecule has 1 N–H and O–H groups in total. The van der Waals surface area contributed by atoms with Crippen molar-refractivity contribution < 1.29 is 14.4 Å². The predicted molar refractivity (Wildman–Crippen MR) is 61.0 cm³/mol. The van der Waals surface area contributed by atoms with Crippen molar-refractivity contribution in [3.05, 3.63) is 22.8 Å². The van der Waals surface area contributed by atoms with Crippen LogP contribution in [0.15, 0.2) is 16.7 Å². The molecule has 0 saturated heterocycles. The number of hydrogen-bond donors (Lipinski definition) is 1. The van der Waals surface area contributed by atoms with Crippen LogP contribution in [0.3, 0.4) is 0 Å². The van der Waals surface area contributed by atoms with E-state index in [1.54, 1.807) is 12.1 Å². The number of halogens is 1. The number of benzene rings is 1. The van der Waals surface area contributed by atoms with Gasteiger partial charge in [-0.05, 0) is 13.0 Å². The summed E-state index contributed by atoms with van der Waals surface area (Å²) in [6.45, 7) is 2.47. The van der Waals surface area contributed by atoms with Gasteiger partial charge in [-0.25, -0.2) is 0 Å². The zero-order valence-corrected chi connectivity index (χ0v) is 9.62. The van der Waals surface area contributed by atoms with Crippen molar-refractivity contribution in [2.45, 2.75) is 13.3 Å². The maximum absolute atomic E-state index is 8.87. The Labute approximate surface area is 97.7 Å². The van der Waals surface area contributed by atoms with Gasteiger partial charge in [0.1, 0.15) is 5.75 Å². The van der Waals surface area contributed by atoms with Crippen molar-refractivity contribution in [2.75, 3.05) is 13.2 Å². The van der Waals surface area contributed by atoms with Crippen molar-refractivity contribution in [1.82, 2.24) is 5.16 Å². The number of aromatic nitrogens is 1. The highest BCUT2D eigenvalue weighted by molar-refractivity contribution is 6.32. The normalized spacial score (nSPS) is 10.9. The van der Waals surface area contributed by atoms with Crippen LogP contribution >= 0.6 is 11.6 Å². The second-order valence-electron chi connectivity index (χ2n) is 3.31. The lowest BCUT2D eigenvalue weighted by molar-refractivity contribution is 0.295. The van der Waals surface area contributed by atoms with Gasteiger partial charge >= 0.3 is 0 Å². The SMILES string of the molecule is CCOc1cc2onc(CCO)c2cc1Cl. The second kappa shape index (κ2) is 4.72. The van der Waals surface area contributed by atoms with Crippen LogP contribution in [0.25, 0.3) is 11.0 Å². The molecule has 5 heteroatoms. The molecule has 2 rings (SSSR count). The first kappa shape index (κ1) is 11.2. The standard InChI is InChI=1S/C11H12ClNO3/c1-2-15-11-6-10-7(5-8(11)12)9(3-4-14)13-16-10/h5-6,14H,2-4H2,1H3. The smallest absolute Gasteiger partial charge is 0.170 e. The van der Waals surface area contributed by atoms with E-state index in [4.69, 9.17) is 26.0 Å². The fourth-order valence-corrected chi connectivity index (χ4v) is 1.76. The van der Waals surface area contributed by atoms with Gasteiger partial charge in [0.25, 0.3) is 0 Å². The Hall–Kier alpha value is -1.26. The van der Waals surface area contributed by atoms with Gasteiger partial charge in [0.15, 0.2) is 5.58 Å². The highest BCUT2D eigenvalue weighted by Gasteiger charge is 2.12. The predicted octanol–water partition coefficient (Wildman–Crippen LogP) is 2.41. The Bertz CT molecular complexity index is 495. The van der Waals surface area contributed by atoms with Gasteiger partial charge in [-0.3, -0.25) is 0 Å². The fourth-order valence-electron chi connectivity index (χ4n) is 1.54. The van der Waals surface area contributed by atoms with Crippen LogP contribution in [0, 0.1) is 0 Å². The van der Waals surface area contributed by atoms with Crippen molar-refractivity contribution in [3.63, 3.8) is 0 Å². The average molecular weight is 242 g/mol. The van der Waals surface area contributed by atoms with Crippen LogP contribution < -0.4 is 4.74 Å². The first-order valence-electron chi connectivity index (χ1n) is 5.07. The molecule has 16 heavy (non-hydrogen) atoms. The third-order valence-corrected chi connectivity index (χ3v) is 2.54. The van der Waals surface area contributed by atoms with E-state index in [1.165, 1.54) is 0 Å². The van der Waals surface area contributed by atoms with Gasteiger partial charge in [0.05, 0.1) is 17.3 Å². The summed E-state index contributed by atoms with van der Waals surface area (Å²) < 4.78 is 10.5. The highest BCUT2D eigenvalue weighted by Crippen LogP contribution is 2.31. The molecule has 4 nitrogen and oxygen atoms in total. The van der Waals surface area contributed by atoms with Crippen LogP contribution in [0.4, 0.5) is 0 Å². The molecule has 1 aromatic heterocycles. The lowest BCUT2D eigenvalue weighted by atomic mass is 10.2. The Morgan fingerprint density at radius 3 is 3.00 bits per heavy atom. The maximum atomic E-state index is 8.87. The molecular weight excluding hydrogens is 230 g/mol. The summed E-state index contributed by atoms with van der Waals surface area (Å²) >= 11 is 6.05. The zero-order valence-electron chi connectivity index (χ0n) is 8.86. The molecule has 0 radical (unpaired) electrons. The van der Waals surface area contributed by atoms with Crippen molar-refractivity contribution in [3.8, 4) is 5.75 Å². The molecule has 0 saturated carbocycles. The molecule has 0 fully saturated rings. The van der Waals surface area contributed by atoms with Gasteiger partial charge in [0.2, 0.25) is 0 Å². The quantitative estimate of drug-likeness (QED) is 0.893. The molecule has 1 heterocycles. The van der Waals surface area contributed by atoms with E-state index < -0.39 is 0 Å². The van der Waals surface area contributed by atoms with Crippen molar-refractivity contribution in [1.29, 1.82) is 0 Å². The molecule has 0 amide bonds. The maximum Gasteiger partial charge on any atom is 0.170 e. The van der Waals surface area contributed by atoms with E-state index in [0.717, 1.165) is 5.39 Å². The zero-order chi connectivity index (χ0) is 11.5. The Kier molecular flexibility index (Phi) is 3.31. The van der Waals surface area contributed by atoms with Gasteiger partial charge in [0, 0.05) is 24.5 Å². The van der Waals surface area contributed by atoms with E-state index in [1.807, 2.05) is 6.92 Å². The van der Waals surface area contributed by atoms with Gasteiger partial charge in [-0.2, -0.15) is 0 Å². The van der Waals surface area contributed by atoms with Gasteiger partial charge in [-0.1, -0.05) is 16.8 Å². The third-order valence-electron chi connectivity index (χ3n) is 2.25. The molecular formula is C11H12ClNO3. The first-order valence-corrected chi connectivity index (χ1v) is 5.45. The minimum atomic E-state index is 0.0342. The summed E-state index contributed by atoms with van der Waals surface area (Å²) in [5, 5.41) is 14.1. The van der Waals surface area contributed by atoms with Gasteiger partial charge < -0.3 is 14.4 Å².